The average molecular weight is 291 g/mol. The van der Waals surface area contributed by atoms with Crippen LogP contribution in [0.5, 0.6) is 0 Å². The van der Waals surface area contributed by atoms with Crippen LogP contribution >= 0.6 is 0 Å². The molecule has 1 amide bonds. The Bertz CT molecular complexity index is 433. The van der Waals surface area contributed by atoms with Gasteiger partial charge in [-0.05, 0) is 31.7 Å². The second kappa shape index (κ2) is 8.15. The topological polar surface area (TPSA) is 49.8 Å². The Balaban J connectivity index is 1.67. The Labute approximate surface area is 126 Å². The number of nitrogens with zero attached hydrogens (tertiary/aromatic N) is 1. The number of piperidine rings is 1. The van der Waals surface area contributed by atoms with Gasteiger partial charge < -0.3 is 14.7 Å². The summed E-state index contributed by atoms with van der Waals surface area (Å²) in [6.45, 7) is 3.93. The third kappa shape index (κ3) is 5.14. The van der Waals surface area contributed by atoms with Gasteiger partial charge in [0.1, 0.15) is 6.61 Å². The van der Waals surface area contributed by atoms with Gasteiger partial charge in [-0.15, -0.1) is 0 Å². The van der Waals surface area contributed by atoms with Crippen LogP contribution in [0.4, 0.5) is 0 Å². The van der Waals surface area contributed by atoms with Crippen molar-refractivity contribution in [3.8, 4) is 0 Å². The highest BCUT2D eigenvalue weighted by molar-refractivity contribution is 5.77. The fourth-order valence-electron chi connectivity index (χ4n) is 2.72. The number of rotatable bonds is 6. The van der Waals surface area contributed by atoms with Crippen molar-refractivity contribution in [2.75, 3.05) is 26.3 Å². The summed E-state index contributed by atoms with van der Waals surface area (Å²) in [5.41, 5.74) is 1.22. The van der Waals surface area contributed by atoms with E-state index in [-0.39, 0.29) is 24.5 Å². The van der Waals surface area contributed by atoms with Crippen molar-refractivity contribution in [1.29, 1.82) is 0 Å². The lowest BCUT2D eigenvalue weighted by Crippen LogP contribution is -2.44. The van der Waals surface area contributed by atoms with E-state index in [0.29, 0.717) is 13.2 Å². The summed E-state index contributed by atoms with van der Waals surface area (Å²) < 4.78 is 5.49. The number of likely N-dealkylation sites (tertiary alicyclic amines) is 1. The molecule has 1 aromatic carbocycles. The minimum Gasteiger partial charge on any atom is -0.393 e. The Hall–Kier alpha value is -1.39. The van der Waals surface area contributed by atoms with Crippen molar-refractivity contribution < 1.29 is 14.6 Å². The third-order valence-electron chi connectivity index (χ3n) is 4.10. The SMILES string of the molecule is CC(O)C1CCCN(C(=O)COCCc2ccccc2)C1. The molecule has 1 saturated heterocycles. The first-order valence-electron chi connectivity index (χ1n) is 7.74. The summed E-state index contributed by atoms with van der Waals surface area (Å²) in [6, 6.07) is 10.1. The molecule has 0 aliphatic carbocycles. The van der Waals surface area contributed by atoms with E-state index < -0.39 is 0 Å². The molecule has 2 rings (SSSR count). The molecule has 0 bridgehead atoms. The lowest BCUT2D eigenvalue weighted by atomic mass is 9.93. The van der Waals surface area contributed by atoms with Gasteiger partial charge in [-0.25, -0.2) is 0 Å². The number of carbonyl (C=O) groups is 1. The molecule has 1 aliphatic rings. The van der Waals surface area contributed by atoms with Gasteiger partial charge in [-0.2, -0.15) is 0 Å². The van der Waals surface area contributed by atoms with Gasteiger partial charge in [0.25, 0.3) is 0 Å². The van der Waals surface area contributed by atoms with E-state index in [4.69, 9.17) is 4.74 Å². The van der Waals surface area contributed by atoms with Crippen LogP contribution in [-0.4, -0.2) is 48.3 Å². The van der Waals surface area contributed by atoms with Crippen molar-refractivity contribution in [1.82, 2.24) is 4.90 Å². The zero-order chi connectivity index (χ0) is 15.1. The molecule has 1 N–H and O–H groups in total. The second-order valence-electron chi connectivity index (χ2n) is 5.77. The Morgan fingerprint density at radius 3 is 2.90 bits per heavy atom. The van der Waals surface area contributed by atoms with Crippen LogP contribution < -0.4 is 0 Å². The normalized spacial score (nSPS) is 20.3. The van der Waals surface area contributed by atoms with Gasteiger partial charge in [-0.3, -0.25) is 4.79 Å². The number of benzene rings is 1. The summed E-state index contributed by atoms with van der Waals surface area (Å²) in [5.74, 6) is 0.237. The smallest absolute Gasteiger partial charge is 0.248 e. The van der Waals surface area contributed by atoms with Crippen LogP contribution in [0.15, 0.2) is 30.3 Å². The summed E-state index contributed by atoms with van der Waals surface area (Å²) in [6.07, 6.45) is 2.44. The molecule has 0 saturated carbocycles. The molecule has 2 atom stereocenters. The average Bonchev–Trinajstić information content (AvgIpc) is 2.52. The van der Waals surface area contributed by atoms with E-state index in [1.807, 2.05) is 23.1 Å². The Morgan fingerprint density at radius 1 is 1.43 bits per heavy atom. The molecular formula is C17H25NO3. The van der Waals surface area contributed by atoms with Gasteiger partial charge in [0.05, 0.1) is 12.7 Å². The molecule has 1 aliphatic heterocycles. The van der Waals surface area contributed by atoms with Crippen molar-refractivity contribution in [3.63, 3.8) is 0 Å². The number of aliphatic hydroxyl groups is 1. The molecule has 0 radical (unpaired) electrons. The molecule has 4 heteroatoms. The van der Waals surface area contributed by atoms with Crippen LogP contribution in [0, 0.1) is 5.92 Å². The van der Waals surface area contributed by atoms with Crippen molar-refractivity contribution in [2.45, 2.75) is 32.3 Å². The van der Waals surface area contributed by atoms with Gasteiger partial charge in [0.15, 0.2) is 0 Å². The molecule has 21 heavy (non-hydrogen) atoms. The first-order chi connectivity index (χ1) is 10.2. The highest BCUT2D eigenvalue weighted by Gasteiger charge is 2.26. The number of hydrogen-bond donors (Lipinski definition) is 1. The lowest BCUT2D eigenvalue weighted by Gasteiger charge is -2.34. The zero-order valence-corrected chi connectivity index (χ0v) is 12.7. The lowest BCUT2D eigenvalue weighted by molar-refractivity contribution is -0.138. The summed E-state index contributed by atoms with van der Waals surface area (Å²) in [4.78, 5) is 13.9. The molecule has 1 fully saturated rings. The second-order valence-corrected chi connectivity index (χ2v) is 5.77. The fourth-order valence-corrected chi connectivity index (χ4v) is 2.72. The third-order valence-corrected chi connectivity index (χ3v) is 4.10. The van der Waals surface area contributed by atoms with E-state index >= 15 is 0 Å². The first-order valence-corrected chi connectivity index (χ1v) is 7.74. The van der Waals surface area contributed by atoms with E-state index in [1.54, 1.807) is 6.92 Å². The standard InChI is InChI=1S/C17H25NO3/c1-14(19)16-8-5-10-18(12-16)17(20)13-21-11-9-15-6-3-2-4-7-15/h2-4,6-7,14,16,19H,5,8-13H2,1H3. The monoisotopic (exact) mass is 291 g/mol. The Kier molecular flexibility index (Phi) is 6.21. The molecule has 1 heterocycles. The van der Waals surface area contributed by atoms with Gasteiger partial charge in [-0.1, -0.05) is 30.3 Å². The van der Waals surface area contributed by atoms with E-state index in [0.717, 1.165) is 25.8 Å². The predicted molar refractivity (Wildman–Crippen MR) is 81.9 cm³/mol. The van der Waals surface area contributed by atoms with Gasteiger partial charge in [0.2, 0.25) is 5.91 Å². The minimum absolute atomic E-state index is 0.0356. The van der Waals surface area contributed by atoms with Gasteiger partial charge in [0, 0.05) is 19.0 Å². The van der Waals surface area contributed by atoms with E-state index in [2.05, 4.69) is 12.1 Å². The van der Waals surface area contributed by atoms with Crippen LogP contribution in [0.2, 0.25) is 0 Å². The highest BCUT2D eigenvalue weighted by Crippen LogP contribution is 2.19. The number of aliphatic hydroxyl groups excluding tert-OH is 1. The van der Waals surface area contributed by atoms with E-state index in [9.17, 15) is 9.90 Å². The summed E-state index contributed by atoms with van der Waals surface area (Å²) >= 11 is 0. The molecule has 116 valence electrons. The highest BCUT2D eigenvalue weighted by atomic mass is 16.5. The van der Waals surface area contributed by atoms with Crippen molar-refractivity contribution in [3.05, 3.63) is 35.9 Å². The summed E-state index contributed by atoms with van der Waals surface area (Å²) in [5, 5.41) is 9.65. The molecule has 0 spiro atoms. The molecular weight excluding hydrogens is 266 g/mol. The first kappa shape index (κ1) is 16.0. The molecule has 0 aromatic heterocycles. The minimum atomic E-state index is -0.348. The van der Waals surface area contributed by atoms with Crippen LogP contribution in [-0.2, 0) is 16.0 Å². The van der Waals surface area contributed by atoms with Crippen LogP contribution in [0.3, 0.4) is 0 Å². The quantitative estimate of drug-likeness (QED) is 0.814. The maximum Gasteiger partial charge on any atom is 0.248 e. The number of ether oxygens (including phenoxy) is 1. The van der Waals surface area contributed by atoms with E-state index in [1.165, 1.54) is 5.56 Å². The van der Waals surface area contributed by atoms with Crippen LogP contribution in [0.25, 0.3) is 0 Å². The predicted octanol–water partition coefficient (Wildman–Crippen LogP) is 1.87. The van der Waals surface area contributed by atoms with Crippen molar-refractivity contribution in [2.24, 2.45) is 5.92 Å². The maximum atomic E-state index is 12.1. The summed E-state index contributed by atoms with van der Waals surface area (Å²) in [7, 11) is 0. The number of hydrogen-bond acceptors (Lipinski definition) is 3. The van der Waals surface area contributed by atoms with Crippen molar-refractivity contribution >= 4 is 5.91 Å². The fraction of sp³-hybridized carbons (Fsp3) is 0.588. The molecule has 2 unspecified atom stereocenters. The Morgan fingerprint density at radius 2 is 2.19 bits per heavy atom. The molecule has 4 nitrogen and oxygen atoms in total. The maximum absolute atomic E-state index is 12.1. The number of amides is 1. The van der Waals surface area contributed by atoms with Crippen LogP contribution in [0.1, 0.15) is 25.3 Å². The molecule has 1 aromatic rings. The largest absolute Gasteiger partial charge is 0.393 e. The number of carbonyl (C=O) groups excluding carboxylic acids is 1. The van der Waals surface area contributed by atoms with Gasteiger partial charge >= 0.3 is 0 Å². The zero-order valence-electron chi connectivity index (χ0n) is 12.7.